The first kappa shape index (κ1) is 8.83. The van der Waals surface area contributed by atoms with Crippen LogP contribution < -0.4 is 0 Å². The molecule has 0 N–H and O–H groups in total. The van der Waals surface area contributed by atoms with E-state index in [1.165, 1.54) is 5.56 Å². The van der Waals surface area contributed by atoms with E-state index >= 15 is 0 Å². The van der Waals surface area contributed by atoms with E-state index < -0.39 is 0 Å². The van der Waals surface area contributed by atoms with Gasteiger partial charge in [-0.25, -0.2) is 0 Å². The number of halogens is 1. The first-order valence-corrected chi connectivity index (χ1v) is 5.00. The zero-order chi connectivity index (χ0) is 9.31. The summed E-state index contributed by atoms with van der Waals surface area (Å²) in [6.45, 7) is 2.30. The quantitative estimate of drug-likeness (QED) is 0.592. The van der Waals surface area contributed by atoms with Gasteiger partial charge in [0.1, 0.15) is 0 Å². The molecule has 1 heteroatoms. The van der Waals surface area contributed by atoms with Gasteiger partial charge in [-0.05, 0) is 36.0 Å². The summed E-state index contributed by atoms with van der Waals surface area (Å²) in [5.74, 6) is 0. The van der Waals surface area contributed by atoms with Crippen molar-refractivity contribution < 1.29 is 0 Å². The first-order valence-electron chi connectivity index (χ1n) is 4.62. The zero-order valence-electron chi connectivity index (χ0n) is 7.76. The molecule has 0 heterocycles. The van der Waals surface area contributed by atoms with Crippen molar-refractivity contribution in [3.05, 3.63) is 47.0 Å². The molecule has 0 amide bonds. The molecule has 0 nitrogen and oxygen atoms in total. The maximum absolute atomic E-state index is 5.85. The molecule has 1 aliphatic rings. The van der Waals surface area contributed by atoms with Crippen LogP contribution in [0.3, 0.4) is 0 Å². The number of hydrogen-bond donors (Lipinski definition) is 0. The summed E-state index contributed by atoms with van der Waals surface area (Å²) in [5.41, 5.74) is 1.70. The van der Waals surface area contributed by atoms with Gasteiger partial charge in [-0.1, -0.05) is 42.8 Å². The first-order chi connectivity index (χ1) is 6.21. The second-order valence-electron chi connectivity index (χ2n) is 3.95. The lowest BCUT2D eigenvalue weighted by Gasteiger charge is -2.24. The Morgan fingerprint density at radius 2 is 1.62 bits per heavy atom. The van der Waals surface area contributed by atoms with E-state index in [9.17, 15) is 0 Å². The van der Waals surface area contributed by atoms with Crippen molar-refractivity contribution >= 4 is 11.6 Å². The van der Waals surface area contributed by atoms with Crippen LogP contribution >= 0.6 is 11.6 Å². The average Bonchev–Trinajstić information content (AvgIpc) is 2.54. The topological polar surface area (TPSA) is 0 Å². The molecule has 0 aliphatic heterocycles. The van der Waals surface area contributed by atoms with Gasteiger partial charge in [0.25, 0.3) is 0 Å². The number of allylic oxidation sites excluding steroid dienone is 2. The lowest BCUT2D eigenvalue weighted by Crippen LogP contribution is -2.16. The molecule has 0 radical (unpaired) electrons. The van der Waals surface area contributed by atoms with Crippen LogP contribution in [0.2, 0.25) is 5.02 Å². The Morgan fingerprint density at radius 3 is 2.15 bits per heavy atom. The van der Waals surface area contributed by atoms with E-state index in [-0.39, 0.29) is 0 Å². The maximum Gasteiger partial charge on any atom is 0.0406 e. The number of benzene rings is 1. The van der Waals surface area contributed by atoms with Crippen LogP contribution in [0.5, 0.6) is 0 Å². The number of rotatable bonds is 1. The van der Waals surface area contributed by atoms with Gasteiger partial charge in [0, 0.05) is 5.02 Å². The summed E-state index contributed by atoms with van der Waals surface area (Å²) in [4.78, 5) is 0. The fourth-order valence-electron chi connectivity index (χ4n) is 1.86. The summed E-state index contributed by atoms with van der Waals surface area (Å²) in [6, 6.07) is 8.21. The van der Waals surface area contributed by atoms with Crippen LogP contribution in [0, 0.1) is 0 Å². The monoisotopic (exact) mass is 192 g/mol. The Hall–Kier alpha value is -0.750. The molecule has 0 unspecified atom stereocenters. The molecule has 0 spiro atoms. The third-order valence-electron chi connectivity index (χ3n) is 2.84. The van der Waals surface area contributed by atoms with Crippen molar-refractivity contribution in [2.75, 3.05) is 0 Å². The molecule has 68 valence electrons. The molecule has 13 heavy (non-hydrogen) atoms. The van der Waals surface area contributed by atoms with Gasteiger partial charge in [-0.2, -0.15) is 0 Å². The molecule has 1 aromatic carbocycles. The fraction of sp³-hybridized carbons (Fsp3) is 0.333. The van der Waals surface area contributed by atoms with Gasteiger partial charge in [0.2, 0.25) is 0 Å². The smallest absolute Gasteiger partial charge is 0.0406 e. The van der Waals surface area contributed by atoms with Crippen molar-refractivity contribution in [1.82, 2.24) is 0 Å². The summed E-state index contributed by atoms with van der Waals surface area (Å²) < 4.78 is 0. The Morgan fingerprint density at radius 1 is 1.08 bits per heavy atom. The highest BCUT2D eigenvalue weighted by atomic mass is 35.5. The highest BCUT2D eigenvalue weighted by Gasteiger charge is 2.26. The SMILES string of the molecule is CC1(c2ccc(Cl)cc2)CC=CC1. The van der Waals surface area contributed by atoms with Crippen LogP contribution in [-0.4, -0.2) is 0 Å². The lowest BCUT2D eigenvalue weighted by molar-refractivity contribution is 0.511. The van der Waals surface area contributed by atoms with Crippen molar-refractivity contribution in [3.63, 3.8) is 0 Å². The Bertz CT molecular complexity index is 313. The highest BCUT2D eigenvalue weighted by Crippen LogP contribution is 2.36. The molecule has 0 aromatic heterocycles. The third kappa shape index (κ3) is 1.64. The molecule has 0 bridgehead atoms. The van der Waals surface area contributed by atoms with Crippen molar-refractivity contribution in [3.8, 4) is 0 Å². The van der Waals surface area contributed by atoms with Crippen LogP contribution in [0.15, 0.2) is 36.4 Å². The average molecular weight is 193 g/mol. The van der Waals surface area contributed by atoms with Gasteiger partial charge >= 0.3 is 0 Å². The van der Waals surface area contributed by atoms with Gasteiger partial charge in [-0.3, -0.25) is 0 Å². The van der Waals surface area contributed by atoms with Crippen LogP contribution in [0.1, 0.15) is 25.3 Å². The van der Waals surface area contributed by atoms with Crippen LogP contribution in [0.4, 0.5) is 0 Å². The molecule has 0 saturated carbocycles. The Labute approximate surface area is 84.2 Å². The largest absolute Gasteiger partial charge is 0.0876 e. The van der Waals surface area contributed by atoms with Gasteiger partial charge in [0.15, 0.2) is 0 Å². The van der Waals surface area contributed by atoms with E-state index in [1.54, 1.807) is 0 Å². The molecular weight excluding hydrogens is 180 g/mol. The molecular formula is C12H13Cl. The minimum atomic E-state index is 0.310. The van der Waals surface area contributed by atoms with E-state index in [2.05, 4.69) is 31.2 Å². The molecule has 0 atom stereocenters. The fourth-order valence-corrected chi connectivity index (χ4v) is 1.98. The summed E-state index contributed by atoms with van der Waals surface area (Å²) in [5, 5.41) is 0.818. The second kappa shape index (κ2) is 3.19. The van der Waals surface area contributed by atoms with Gasteiger partial charge in [-0.15, -0.1) is 0 Å². The van der Waals surface area contributed by atoms with Gasteiger partial charge < -0.3 is 0 Å². The maximum atomic E-state index is 5.85. The van der Waals surface area contributed by atoms with E-state index in [1.807, 2.05) is 12.1 Å². The van der Waals surface area contributed by atoms with Crippen molar-refractivity contribution in [2.24, 2.45) is 0 Å². The van der Waals surface area contributed by atoms with Crippen LogP contribution in [-0.2, 0) is 5.41 Å². The molecule has 0 fully saturated rings. The zero-order valence-corrected chi connectivity index (χ0v) is 8.51. The molecule has 1 aliphatic carbocycles. The lowest BCUT2D eigenvalue weighted by atomic mass is 9.80. The summed E-state index contributed by atoms with van der Waals surface area (Å²) in [6.07, 6.45) is 6.81. The van der Waals surface area contributed by atoms with Gasteiger partial charge in [0.05, 0.1) is 0 Å². The van der Waals surface area contributed by atoms with Crippen molar-refractivity contribution in [1.29, 1.82) is 0 Å². The number of hydrogen-bond acceptors (Lipinski definition) is 0. The minimum Gasteiger partial charge on any atom is -0.0876 e. The predicted octanol–water partition coefficient (Wildman–Crippen LogP) is 3.95. The van der Waals surface area contributed by atoms with E-state index in [0.717, 1.165) is 17.9 Å². The van der Waals surface area contributed by atoms with E-state index in [0.29, 0.717) is 5.41 Å². The molecule has 1 aromatic rings. The van der Waals surface area contributed by atoms with Crippen molar-refractivity contribution in [2.45, 2.75) is 25.2 Å². The highest BCUT2D eigenvalue weighted by molar-refractivity contribution is 6.30. The Kier molecular flexibility index (Phi) is 2.17. The Balaban J connectivity index is 2.30. The second-order valence-corrected chi connectivity index (χ2v) is 4.38. The standard InChI is InChI=1S/C12H13Cl/c1-12(8-2-3-9-12)10-4-6-11(13)7-5-10/h2-7H,8-9H2,1H3. The predicted molar refractivity (Wildman–Crippen MR) is 57.2 cm³/mol. The summed E-state index contributed by atoms with van der Waals surface area (Å²) >= 11 is 5.85. The summed E-state index contributed by atoms with van der Waals surface area (Å²) in [7, 11) is 0. The normalized spacial score (nSPS) is 19.2. The van der Waals surface area contributed by atoms with E-state index in [4.69, 9.17) is 11.6 Å². The van der Waals surface area contributed by atoms with Crippen LogP contribution in [0.25, 0.3) is 0 Å². The third-order valence-corrected chi connectivity index (χ3v) is 3.10. The molecule has 0 saturated heterocycles. The minimum absolute atomic E-state index is 0.310. The molecule has 2 rings (SSSR count).